The number of terminal acetylenes is 1. The Morgan fingerprint density at radius 2 is 2.13 bits per heavy atom. The molecule has 2 nitrogen and oxygen atoms in total. The molecule has 0 rings (SSSR count). The van der Waals surface area contributed by atoms with Crippen LogP contribution in [-0.2, 0) is 0 Å². The van der Waals surface area contributed by atoms with E-state index in [1.165, 1.54) is 0 Å². The Morgan fingerprint density at radius 1 is 1.40 bits per heavy atom. The number of nitrogens with zero attached hydrogens (tertiary/aromatic N) is 1. The van der Waals surface area contributed by atoms with Crippen molar-refractivity contribution in [3.63, 3.8) is 0 Å². The monoisotopic (exact) mass is 224 g/mol. The van der Waals surface area contributed by atoms with Crippen LogP contribution < -0.4 is 5.32 Å². The fourth-order valence-corrected chi connectivity index (χ4v) is 1.66. The number of nitrogens with one attached hydrogen (secondary N) is 1. The Bertz CT molecular complexity index is 235. The minimum Gasteiger partial charge on any atom is -0.316 e. The molecule has 0 fully saturated rings. The number of thioether (sulfide) groups is 1. The van der Waals surface area contributed by atoms with Crippen molar-refractivity contribution < 1.29 is 0 Å². The second-order valence-corrected chi connectivity index (χ2v) is 5.21. The van der Waals surface area contributed by atoms with Crippen LogP contribution in [0.1, 0.15) is 26.7 Å². The van der Waals surface area contributed by atoms with E-state index in [0.717, 1.165) is 37.4 Å². The van der Waals surface area contributed by atoms with Gasteiger partial charge in [-0.05, 0) is 33.2 Å². The molecule has 0 bridgehead atoms. The average molecular weight is 224 g/mol. The lowest BCUT2D eigenvalue weighted by Crippen LogP contribution is -2.20. The molecule has 0 aliphatic heterocycles. The number of rotatable bonds is 8. The number of hydrogen-bond acceptors (Lipinski definition) is 3. The lowest BCUT2D eigenvalue weighted by atomic mass is 9.90. The van der Waals surface area contributed by atoms with Gasteiger partial charge in [-0.15, -0.1) is 18.2 Å². The average Bonchev–Trinajstić information content (AvgIpc) is 2.22. The molecule has 1 N–H and O–H groups in total. The van der Waals surface area contributed by atoms with Crippen LogP contribution in [0.4, 0.5) is 0 Å². The van der Waals surface area contributed by atoms with Gasteiger partial charge in [-0.2, -0.15) is 5.26 Å². The first-order chi connectivity index (χ1) is 7.12. The van der Waals surface area contributed by atoms with Crippen molar-refractivity contribution in [2.24, 2.45) is 5.41 Å². The summed E-state index contributed by atoms with van der Waals surface area (Å²) in [7, 11) is 0. The van der Waals surface area contributed by atoms with Crippen molar-refractivity contribution >= 4 is 11.8 Å². The Balaban J connectivity index is 3.20. The molecule has 0 saturated heterocycles. The summed E-state index contributed by atoms with van der Waals surface area (Å²) in [6.45, 7) is 5.95. The lowest BCUT2D eigenvalue weighted by Gasteiger charge is -2.14. The molecule has 0 aliphatic rings. The molecule has 0 aromatic heterocycles. The predicted molar refractivity (Wildman–Crippen MR) is 67.7 cm³/mol. The van der Waals surface area contributed by atoms with E-state index in [1.54, 1.807) is 11.8 Å². The van der Waals surface area contributed by atoms with Crippen LogP contribution in [0.15, 0.2) is 0 Å². The van der Waals surface area contributed by atoms with Crippen molar-refractivity contribution in [2.75, 3.05) is 24.6 Å². The van der Waals surface area contributed by atoms with Gasteiger partial charge in [0, 0.05) is 12.3 Å². The van der Waals surface area contributed by atoms with E-state index in [2.05, 4.69) is 17.3 Å². The van der Waals surface area contributed by atoms with Crippen LogP contribution in [0.25, 0.3) is 0 Å². The van der Waals surface area contributed by atoms with E-state index in [9.17, 15) is 0 Å². The fourth-order valence-electron chi connectivity index (χ4n) is 1.11. The zero-order valence-corrected chi connectivity index (χ0v) is 10.5. The molecule has 0 radical (unpaired) electrons. The first-order valence-electron chi connectivity index (χ1n) is 5.25. The standard InChI is InChI=1S/C12H20N2S/c1-4-9-15-10-8-14-7-5-6-12(2,3)11-13/h1,14H,5-10H2,2-3H3. The second kappa shape index (κ2) is 8.65. The minimum atomic E-state index is -0.181. The van der Waals surface area contributed by atoms with Gasteiger partial charge in [0.25, 0.3) is 0 Å². The molecule has 0 atom stereocenters. The van der Waals surface area contributed by atoms with Crippen molar-refractivity contribution in [1.82, 2.24) is 5.32 Å². The summed E-state index contributed by atoms with van der Waals surface area (Å²) in [5, 5.41) is 12.1. The van der Waals surface area contributed by atoms with Crippen molar-refractivity contribution in [1.29, 1.82) is 5.26 Å². The third kappa shape index (κ3) is 9.66. The van der Waals surface area contributed by atoms with Crippen molar-refractivity contribution in [3.8, 4) is 18.4 Å². The van der Waals surface area contributed by atoms with Crippen LogP contribution in [-0.4, -0.2) is 24.6 Å². The summed E-state index contributed by atoms with van der Waals surface area (Å²) < 4.78 is 0. The second-order valence-electron chi connectivity index (χ2n) is 4.11. The highest BCUT2D eigenvalue weighted by Crippen LogP contribution is 2.19. The molecule has 84 valence electrons. The Morgan fingerprint density at radius 3 is 2.73 bits per heavy atom. The summed E-state index contributed by atoms with van der Waals surface area (Å²) in [5.41, 5.74) is -0.181. The van der Waals surface area contributed by atoms with Crippen LogP contribution in [0.2, 0.25) is 0 Å². The summed E-state index contributed by atoms with van der Waals surface area (Å²) in [5.74, 6) is 4.45. The highest BCUT2D eigenvalue weighted by atomic mass is 32.2. The maximum Gasteiger partial charge on any atom is 0.0683 e. The first-order valence-corrected chi connectivity index (χ1v) is 6.41. The molecule has 0 heterocycles. The maximum absolute atomic E-state index is 8.80. The summed E-state index contributed by atoms with van der Waals surface area (Å²) >= 11 is 1.77. The summed E-state index contributed by atoms with van der Waals surface area (Å²) in [6.07, 6.45) is 7.14. The van der Waals surface area contributed by atoms with E-state index < -0.39 is 0 Å². The van der Waals surface area contributed by atoms with Gasteiger partial charge in [0.1, 0.15) is 0 Å². The molecule has 3 heteroatoms. The zero-order valence-electron chi connectivity index (χ0n) is 9.68. The third-order valence-corrected chi connectivity index (χ3v) is 2.93. The Kier molecular flexibility index (Phi) is 8.28. The molecule has 15 heavy (non-hydrogen) atoms. The summed E-state index contributed by atoms with van der Waals surface area (Å²) in [6, 6.07) is 2.31. The van der Waals surface area contributed by atoms with Crippen molar-refractivity contribution in [3.05, 3.63) is 0 Å². The van der Waals surface area contributed by atoms with Gasteiger partial charge in [-0.25, -0.2) is 0 Å². The largest absolute Gasteiger partial charge is 0.316 e. The smallest absolute Gasteiger partial charge is 0.0683 e. The van der Waals surface area contributed by atoms with Crippen LogP contribution in [0.5, 0.6) is 0 Å². The molecule has 0 saturated carbocycles. The van der Waals surface area contributed by atoms with Crippen molar-refractivity contribution in [2.45, 2.75) is 26.7 Å². The van der Waals surface area contributed by atoms with Gasteiger partial charge in [0.15, 0.2) is 0 Å². The van der Waals surface area contributed by atoms with E-state index in [4.69, 9.17) is 11.7 Å². The fraction of sp³-hybridized carbons (Fsp3) is 0.750. The molecule has 0 aromatic carbocycles. The van der Waals surface area contributed by atoms with E-state index in [-0.39, 0.29) is 5.41 Å². The number of hydrogen-bond donors (Lipinski definition) is 1. The number of nitriles is 1. The van der Waals surface area contributed by atoms with Gasteiger partial charge < -0.3 is 5.32 Å². The SMILES string of the molecule is C#CCSCCNCCCC(C)(C)C#N. The molecular weight excluding hydrogens is 204 g/mol. The Hall–Kier alpha value is -0.640. The van der Waals surface area contributed by atoms with Gasteiger partial charge >= 0.3 is 0 Å². The molecule has 0 spiro atoms. The predicted octanol–water partition coefficient (Wildman–Crippen LogP) is 2.27. The molecule has 0 aromatic rings. The first kappa shape index (κ1) is 14.4. The zero-order chi connectivity index (χ0) is 11.6. The molecule has 0 aliphatic carbocycles. The van der Waals surface area contributed by atoms with Gasteiger partial charge in [-0.1, -0.05) is 5.92 Å². The highest BCUT2D eigenvalue weighted by molar-refractivity contribution is 7.99. The normalized spacial score (nSPS) is 10.7. The van der Waals surface area contributed by atoms with E-state index in [1.807, 2.05) is 13.8 Å². The van der Waals surface area contributed by atoms with Crippen LogP contribution in [0, 0.1) is 29.1 Å². The highest BCUT2D eigenvalue weighted by Gasteiger charge is 2.14. The molecular formula is C12H20N2S. The third-order valence-electron chi connectivity index (χ3n) is 2.07. The van der Waals surface area contributed by atoms with E-state index in [0.29, 0.717) is 0 Å². The Labute approximate surface area is 97.8 Å². The summed E-state index contributed by atoms with van der Waals surface area (Å²) in [4.78, 5) is 0. The van der Waals surface area contributed by atoms with Gasteiger partial charge in [-0.3, -0.25) is 0 Å². The quantitative estimate of drug-likeness (QED) is 0.507. The molecule has 0 unspecified atom stereocenters. The van der Waals surface area contributed by atoms with Gasteiger partial charge in [0.05, 0.1) is 17.2 Å². The van der Waals surface area contributed by atoms with Crippen LogP contribution >= 0.6 is 11.8 Å². The van der Waals surface area contributed by atoms with E-state index >= 15 is 0 Å². The maximum atomic E-state index is 8.80. The topological polar surface area (TPSA) is 35.8 Å². The minimum absolute atomic E-state index is 0.181. The van der Waals surface area contributed by atoms with Gasteiger partial charge in [0.2, 0.25) is 0 Å². The molecule has 0 amide bonds. The van der Waals surface area contributed by atoms with Crippen LogP contribution in [0.3, 0.4) is 0 Å². The lowest BCUT2D eigenvalue weighted by molar-refractivity contribution is 0.428.